The topological polar surface area (TPSA) is 41.6 Å². The number of ether oxygens (including phenoxy) is 1. The maximum absolute atomic E-state index is 12.3. The summed E-state index contributed by atoms with van der Waals surface area (Å²) in [6.07, 6.45) is 15.2. The van der Waals surface area contributed by atoms with Crippen LogP contribution in [0.1, 0.15) is 91.9 Å². The Hall–Kier alpha value is -1.03. The fraction of sp³-hybridized carbons (Fsp3) is 0.897. The Morgan fingerprint density at radius 2 is 1.97 bits per heavy atom. The molecule has 0 aromatic rings. The second kappa shape index (κ2) is 9.91. The first-order valence-corrected chi connectivity index (χ1v) is 14.0. The maximum atomic E-state index is 12.3. The average molecular weight is 459 g/mol. The summed E-state index contributed by atoms with van der Waals surface area (Å²) in [6, 6.07) is 0. The van der Waals surface area contributed by atoms with E-state index in [1.54, 1.807) is 5.57 Å². The van der Waals surface area contributed by atoms with Crippen LogP contribution in [0.5, 0.6) is 0 Å². The lowest BCUT2D eigenvalue weighted by molar-refractivity contribution is -0.0580. The molecule has 0 saturated heterocycles. The summed E-state index contributed by atoms with van der Waals surface area (Å²) in [5, 5.41) is 2.92. The minimum absolute atomic E-state index is 0.0415. The molecule has 0 aromatic heterocycles. The molecule has 3 fully saturated rings. The Labute approximate surface area is 203 Å². The molecule has 4 nitrogen and oxygen atoms in total. The fourth-order valence-corrected chi connectivity index (χ4v) is 8.93. The standard InChI is InChI=1S/C29H50N2O2/c1-7-8-20(2)24-11-12-25-23-10-9-21-19-22(33-27(32)30-17-18-31(5)6)13-15-28(21,3)26(23)14-16-29(24,25)4/h9,20,22-26H,7-8,10-19H2,1-6H3,(H,30,32). The van der Waals surface area contributed by atoms with Gasteiger partial charge < -0.3 is 15.0 Å². The van der Waals surface area contributed by atoms with Gasteiger partial charge in [0, 0.05) is 19.5 Å². The van der Waals surface area contributed by atoms with Crippen LogP contribution in [0, 0.1) is 40.4 Å². The average Bonchev–Trinajstić information content (AvgIpc) is 3.11. The number of nitrogens with one attached hydrogen (secondary N) is 1. The van der Waals surface area contributed by atoms with Crippen LogP contribution in [-0.4, -0.2) is 44.3 Å². The number of allylic oxidation sites excluding steroid dienone is 1. The third-order valence-electron chi connectivity index (χ3n) is 10.7. The molecule has 0 heterocycles. The summed E-state index contributed by atoms with van der Waals surface area (Å²) in [5.41, 5.74) is 2.47. The number of fused-ring (bicyclic) bond motifs is 5. The van der Waals surface area contributed by atoms with E-state index < -0.39 is 0 Å². The number of nitrogens with zero attached hydrogens (tertiary/aromatic N) is 1. The van der Waals surface area contributed by atoms with Gasteiger partial charge in [-0.3, -0.25) is 0 Å². The van der Waals surface area contributed by atoms with Gasteiger partial charge in [-0.15, -0.1) is 0 Å². The van der Waals surface area contributed by atoms with E-state index in [2.05, 4.69) is 44.0 Å². The molecule has 8 unspecified atom stereocenters. The summed E-state index contributed by atoms with van der Waals surface area (Å²) in [7, 11) is 4.03. The van der Waals surface area contributed by atoms with E-state index in [1.165, 1.54) is 51.4 Å². The summed E-state index contributed by atoms with van der Waals surface area (Å²) in [6.45, 7) is 11.6. The lowest BCUT2D eigenvalue weighted by Crippen LogP contribution is -2.51. The van der Waals surface area contributed by atoms with Crippen LogP contribution in [0.3, 0.4) is 0 Å². The first-order chi connectivity index (χ1) is 15.7. The van der Waals surface area contributed by atoms with Crippen molar-refractivity contribution in [2.24, 2.45) is 40.4 Å². The molecule has 0 aromatic carbocycles. The normalized spacial score (nSPS) is 40.9. The van der Waals surface area contributed by atoms with Gasteiger partial charge in [0.1, 0.15) is 6.10 Å². The van der Waals surface area contributed by atoms with E-state index >= 15 is 0 Å². The number of likely N-dealkylation sites (N-methyl/N-ethyl adjacent to an activating group) is 1. The van der Waals surface area contributed by atoms with Gasteiger partial charge in [0.05, 0.1) is 0 Å². The van der Waals surface area contributed by atoms with Gasteiger partial charge in [0.25, 0.3) is 0 Å². The first kappa shape index (κ1) is 25.1. The molecule has 33 heavy (non-hydrogen) atoms. The van der Waals surface area contributed by atoms with Gasteiger partial charge >= 0.3 is 6.09 Å². The smallest absolute Gasteiger partial charge is 0.407 e. The summed E-state index contributed by atoms with van der Waals surface area (Å²) in [5.74, 6) is 4.40. The molecule has 4 heteroatoms. The zero-order chi connectivity index (χ0) is 23.8. The summed E-state index contributed by atoms with van der Waals surface area (Å²) >= 11 is 0. The number of carbonyl (C=O) groups excluding carboxylic acids is 1. The van der Waals surface area contributed by atoms with E-state index in [4.69, 9.17) is 4.74 Å². The van der Waals surface area contributed by atoms with Crippen molar-refractivity contribution in [2.75, 3.05) is 27.2 Å². The third kappa shape index (κ3) is 4.75. The molecular weight excluding hydrogens is 408 g/mol. The lowest BCUT2D eigenvalue weighted by Gasteiger charge is -2.58. The second-order valence-electron chi connectivity index (χ2n) is 12.8. The zero-order valence-corrected chi connectivity index (χ0v) is 22.3. The Morgan fingerprint density at radius 3 is 2.70 bits per heavy atom. The number of amides is 1. The Morgan fingerprint density at radius 1 is 1.18 bits per heavy atom. The molecule has 1 amide bonds. The Kier molecular flexibility index (Phi) is 7.53. The Bertz CT molecular complexity index is 733. The second-order valence-corrected chi connectivity index (χ2v) is 12.8. The van der Waals surface area contributed by atoms with Gasteiger partial charge in [-0.1, -0.05) is 52.2 Å². The van der Waals surface area contributed by atoms with E-state index in [1.807, 2.05) is 14.1 Å². The van der Waals surface area contributed by atoms with Gasteiger partial charge in [0.2, 0.25) is 0 Å². The van der Waals surface area contributed by atoms with Gasteiger partial charge in [-0.05, 0) is 99.5 Å². The molecule has 4 aliphatic rings. The minimum Gasteiger partial charge on any atom is -0.446 e. The van der Waals surface area contributed by atoms with Crippen molar-refractivity contribution in [3.63, 3.8) is 0 Å². The van der Waals surface area contributed by atoms with Crippen molar-refractivity contribution in [1.29, 1.82) is 0 Å². The molecule has 8 atom stereocenters. The molecule has 0 spiro atoms. The molecule has 4 rings (SSSR count). The van der Waals surface area contributed by atoms with E-state index in [9.17, 15) is 4.79 Å². The number of hydrogen-bond acceptors (Lipinski definition) is 3. The van der Waals surface area contributed by atoms with Crippen LogP contribution in [0.25, 0.3) is 0 Å². The summed E-state index contributed by atoms with van der Waals surface area (Å²) < 4.78 is 5.84. The summed E-state index contributed by atoms with van der Waals surface area (Å²) in [4.78, 5) is 14.4. The van der Waals surface area contributed by atoms with Gasteiger partial charge in [-0.25, -0.2) is 4.79 Å². The number of alkyl carbamates (subject to hydrolysis) is 1. The maximum Gasteiger partial charge on any atom is 0.407 e. The highest BCUT2D eigenvalue weighted by Gasteiger charge is 2.59. The third-order valence-corrected chi connectivity index (χ3v) is 10.7. The zero-order valence-electron chi connectivity index (χ0n) is 22.3. The monoisotopic (exact) mass is 458 g/mol. The van der Waals surface area contributed by atoms with E-state index in [0.29, 0.717) is 17.4 Å². The van der Waals surface area contributed by atoms with E-state index in [0.717, 1.165) is 49.0 Å². The quantitative estimate of drug-likeness (QED) is 0.434. The van der Waals surface area contributed by atoms with E-state index in [-0.39, 0.29) is 12.2 Å². The first-order valence-electron chi connectivity index (χ1n) is 14.0. The van der Waals surface area contributed by atoms with Gasteiger partial charge in [-0.2, -0.15) is 0 Å². The number of hydrogen-bond donors (Lipinski definition) is 1. The molecule has 0 bridgehead atoms. The van der Waals surface area contributed by atoms with Crippen LogP contribution in [0.15, 0.2) is 11.6 Å². The van der Waals surface area contributed by atoms with Crippen LogP contribution in [-0.2, 0) is 4.74 Å². The largest absolute Gasteiger partial charge is 0.446 e. The lowest BCUT2D eigenvalue weighted by atomic mass is 9.47. The van der Waals surface area contributed by atoms with Crippen molar-refractivity contribution in [2.45, 2.75) is 98.0 Å². The number of carbonyl (C=O) groups is 1. The highest BCUT2D eigenvalue weighted by atomic mass is 16.6. The molecular formula is C29H50N2O2. The molecule has 4 aliphatic carbocycles. The SMILES string of the molecule is CCCC(C)C1CCC2C3CC=C4CC(OC(=O)NCCN(C)C)CCC4(C)C3CCC12C. The van der Waals surface area contributed by atoms with Crippen molar-refractivity contribution >= 4 is 6.09 Å². The Balaban J connectivity index is 1.41. The van der Waals surface area contributed by atoms with Crippen LogP contribution in [0.2, 0.25) is 0 Å². The van der Waals surface area contributed by atoms with Crippen molar-refractivity contribution in [1.82, 2.24) is 10.2 Å². The fourth-order valence-electron chi connectivity index (χ4n) is 8.93. The predicted octanol–water partition coefficient (Wildman–Crippen LogP) is 6.66. The van der Waals surface area contributed by atoms with Crippen LogP contribution in [0.4, 0.5) is 4.79 Å². The highest BCUT2D eigenvalue weighted by Crippen LogP contribution is 2.67. The minimum atomic E-state index is -0.244. The van der Waals surface area contributed by atoms with Crippen LogP contribution >= 0.6 is 0 Å². The number of rotatable bonds is 7. The molecule has 0 aliphatic heterocycles. The van der Waals surface area contributed by atoms with Gasteiger partial charge in [0.15, 0.2) is 0 Å². The van der Waals surface area contributed by atoms with Crippen LogP contribution < -0.4 is 5.32 Å². The molecule has 3 saturated carbocycles. The molecule has 188 valence electrons. The van der Waals surface area contributed by atoms with Crippen molar-refractivity contribution in [3.05, 3.63) is 11.6 Å². The van der Waals surface area contributed by atoms with Crippen molar-refractivity contribution < 1.29 is 9.53 Å². The molecule has 1 N–H and O–H groups in total. The van der Waals surface area contributed by atoms with Crippen molar-refractivity contribution in [3.8, 4) is 0 Å². The molecule has 0 radical (unpaired) electrons. The highest BCUT2D eigenvalue weighted by molar-refractivity contribution is 5.67. The predicted molar refractivity (Wildman–Crippen MR) is 136 cm³/mol.